The highest BCUT2D eigenvalue weighted by atomic mass is 16.4. The van der Waals surface area contributed by atoms with Crippen LogP contribution in [-0.4, -0.2) is 47.0 Å². The van der Waals surface area contributed by atoms with Crippen molar-refractivity contribution in [1.82, 2.24) is 10.2 Å². The smallest absolute Gasteiger partial charge is 0.318 e. The summed E-state index contributed by atoms with van der Waals surface area (Å²) >= 11 is 0. The second-order valence-electron chi connectivity index (χ2n) is 5.40. The van der Waals surface area contributed by atoms with Gasteiger partial charge in [-0.25, -0.2) is 4.79 Å². The molecule has 1 unspecified atom stereocenters. The van der Waals surface area contributed by atoms with Crippen molar-refractivity contribution < 1.29 is 19.5 Å². The van der Waals surface area contributed by atoms with E-state index in [1.54, 1.807) is 20.8 Å². The Bertz CT molecular complexity index is 383. The average Bonchev–Trinajstić information content (AvgIpc) is 2.67. The molecule has 7 nitrogen and oxygen atoms in total. The third-order valence-electron chi connectivity index (χ3n) is 3.47. The van der Waals surface area contributed by atoms with Crippen LogP contribution in [0.2, 0.25) is 0 Å². The molecule has 108 valence electrons. The highest BCUT2D eigenvalue weighted by Crippen LogP contribution is 2.23. The van der Waals surface area contributed by atoms with E-state index < -0.39 is 29.9 Å². The van der Waals surface area contributed by atoms with E-state index in [1.165, 1.54) is 4.90 Å². The molecule has 4 N–H and O–H groups in total. The summed E-state index contributed by atoms with van der Waals surface area (Å²) in [6, 6.07) is -1.18. The number of primary amides is 1. The van der Waals surface area contributed by atoms with E-state index in [1.807, 2.05) is 0 Å². The van der Waals surface area contributed by atoms with Gasteiger partial charge in [0, 0.05) is 13.1 Å². The second-order valence-corrected chi connectivity index (χ2v) is 5.40. The van der Waals surface area contributed by atoms with Gasteiger partial charge in [-0.1, -0.05) is 20.8 Å². The summed E-state index contributed by atoms with van der Waals surface area (Å²) in [5.41, 5.74) is 5.22. The minimum Gasteiger partial charge on any atom is -0.481 e. The molecule has 0 aromatic rings. The summed E-state index contributed by atoms with van der Waals surface area (Å²) < 4.78 is 0. The molecule has 0 bridgehead atoms. The van der Waals surface area contributed by atoms with E-state index in [-0.39, 0.29) is 18.4 Å². The number of carboxylic acid groups (broad SMARTS) is 1. The van der Waals surface area contributed by atoms with Crippen molar-refractivity contribution in [2.45, 2.75) is 26.8 Å². The lowest BCUT2D eigenvalue weighted by atomic mass is 9.99. The van der Waals surface area contributed by atoms with Crippen molar-refractivity contribution in [2.24, 2.45) is 23.5 Å². The minimum atomic E-state index is -0.905. The van der Waals surface area contributed by atoms with E-state index in [9.17, 15) is 14.4 Å². The lowest BCUT2D eigenvalue weighted by molar-refractivity contribution is -0.142. The second kappa shape index (κ2) is 5.90. The quantitative estimate of drug-likeness (QED) is 0.660. The Kier molecular flexibility index (Phi) is 4.74. The Hall–Kier alpha value is -1.79. The van der Waals surface area contributed by atoms with Gasteiger partial charge in [0.15, 0.2) is 0 Å². The minimum absolute atomic E-state index is 0.102. The van der Waals surface area contributed by atoms with Crippen LogP contribution < -0.4 is 11.1 Å². The number of urea groups is 1. The van der Waals surface area contributed by atoms with E-state index in [0.29, 0.717) is 6.54 Å². The fraction of sp³-hybridized carbons (Fsp3) is 0.750. The first kappa shape index (κ1) is 15.3. The molecule has 0 radical (unpaired) electrons. The highest BCUT2D eigenvalue weighted by Gasteiger charge is 2.37. The fourth-order valence-electron chi connectivity index (χ4n) is 2.24. The average molecular weight is 271 g/mol. The summed E-state index contributed by atoms with van der Waals surface area (Å²) in [7, 11) is 0. The number of hydrogen-bond acceptors (Lipinski definition) is 3. The molecule has 7 heteroatoms. The van der Waals surface area contributed by atoms with Crippen molar-refractivity contribution in [3.8, 4) is 0 Å². The van der Waals surface area contributed by atoms with Gasteiger partial charge in [0.25, 0.3) is 0 Å². The maximum Gasteiger partial charge on any atom is 0.318 e. The Balaban J connectivity index is 2.65. The molecule has 3 atom stereocenters. The van der Waals surface area contributed by atoms with Gasteiger partial charge in [0.05, 0.1) is 5.92 Å². The molecular formula is C12H21N3O4. The molecule has 0 aromatic heterocycles. The number of aliphatic carboxylic acids is 1. The Morgan fingerprint density at radius 3 is 2.26 bits per heavy atom. The van der Waals surface area contributed by atoms with Crippen LogP contribution in [-0.2, 0) is 9.59 Å². The lowest BCUT2D eigenvalue weighted by Gasteiger charge is -2.23. The summed E-state index contributed by atoms with van der Waals surface area (Å²) in [6.45, 7) is 5.88. The predicted octanol–water partition coefficient (Wildman–Crippen LogP) is -0.142. The van der Waals surface area contributed by atoms with E-state index in [0.717, 1.165) is 0 Å². The maximum absolute atomic E-state index is 12.0. The zero-order valence-electron chi connectivity index (χ0n) is 11.4. The molecule has 3 amide bonds. The van der Waals surface area contributed by atoms with Crippen molar-refractivity contribution in [1.29, 1.82) is 0 Å². The predicted molar refractivity (Wildman–Crippen MR) is 68.2 cm³/mol. The van der Waals surface area contributed by atoms with E-state index in [4.69, 9.17) is 10.8 Å². The van der Waals surface area contributed by atoms with Crippen LogP contribution in [0.5, 0.6) is 0 Å². The topological polar surface area (TPSA) is 113 Å². The van der Waals surface area contributed by atoms with E-state index in [2.05, 4.69) is 5.32 Å². The summed E-state index contributed by atoms with van der Waals surface area (Å²) in [5, 5.41) is 11.6. The van der Waals surface area contributed by atoms with Gasteiger partial charge in [-0.3, -0.25) is 9.59 Å². The normalized spacial score (nSPS) is 24.3. The number of amides is 3. The molecule has 0 spiro atoms. The SMILES string of the molecule is CC(C)C(NC(=O)N1C[C@@H](C)[C@H](C(=O)O)C1)C(N)=O. The first-order valence-corrected chi connectivity index (χ1v) is 6.31. The number of rotatable bonds is 4. The molecule has 19 heavy (non-hydrogen) atoms. The van der Waals surface area contributed by atoms with Gasteiger partial charge in [0.2, 0.25) is 5.91 Å². The van der Waals surface area contributed by atoms with Crippen LogP contribution in [0, 0.1) is 17.8 Å². The summed E-state index contributed by atoms with van der Waals surface area (Å²) in [5.74, 6) is -2.27. The number of nitrogens with one attached hydrogen (secondary N) is 1. The molecule has 1 aliphatic rings. The van der Waals surface area contributed by atoms with Gasteiger partial charge in [-0.05, 0) is 11.8 Å². The van der Waals surface area contributed by atoms with Crippen molar-refractivity contribution in [3.63, 3.8) is 0 Å². The third kappa shape index (κ3) is 3.59. The number of nitrogens with two attached hydrogens (primary N) is 1. The van der Waals surface area contributed by atoms with Crippen molar-refractivity contribution in [2.75, 3.05) is 13.1 Å². The van der Waals surface area contributed by atoms with Crippen LogP contribution in [0.25, 0.3) is 0 Å². The number of carboxylic acids is 1. The molecule has 1 saturated heterocycles. The van der Waals surface area contributed by atoms with Gasteiger partial charge in [-0.15, -0.1) is 0 Å². The van der Waals surface area contributed by atoms with Crippen LogP contribution in [0.3, 0.4) is 0 Å². The van der Waals surface area contributed by atoms with Crippen molar-refractivity contribution in [3.05, 3.63) is 0 Å². The van der Waals surface area contributed by atoms with Crippen molar-refractivity contribution >= 4 is 17.9 Å². The number of nitrogens with zero attached hydrogens (tertiary/aromatic N) is 1. The first-order chi connectivity index (χ1) is 8.73. The number of hydrogen-bond donors (Lipinski definition) is 3. The zero-order valence-corrected chi connectivity index (χ0v) is 11.4. The number of likely N-dealkylation sites (tertiary alicyclic amines) is 1. The molecular weight excluding hydrogens is 250 g/mol. The largest absolute Gasteiger partial charge is 0.481 e. The monoisotopic (exact) mass is 271 g/mol. The Labute approximate surface area is 112 Å². The van der Waals surface area contributed by atoms with Crippen LogP contribution in [0.1, 0.15) is 20.8 Å². The summed E-state index contributed by atoms with van der Waals surface area (Å²) in [6.07, 6.45) is 0. The van der Waals surface area contributed by atoms with E-state index >= 15 is 0 Å². The lowest BCUT2D eigenvalue weighted by Crippen LogP contribution is -2.51. The molecule has 1 aliphatic heterocycles. The molecule has 0 aliphatic carbocycles. The van der Waals surface area contributed by atoms with Gasteiger partial charge in [-0.2, -0.15) is 0 Å². The molecule has 1 heterocycles. The highest BCUT2D eigenvalue weighted by molar-refractivity contribution is 5.86. The number of carbonyl (C=O) groups excluding carboxylic acids is 2. The fourth-order valence-corrected chi connectivity index (χ4v) is 2.24. The molecule has 1 rings (SSSR count). The standard InChI is InChI=1S/C12H21N3O4/c1-6(2)9(10(13)16)14-12(19)15-4-7(3)8(5-15)11(17)18/h6-9H,4-5H2,1-3H3,(H2,13,16)(H,14,19)(H,17,18)/t7-,8-,9?/m1/s1. The van der Waals surface area contributed by atoms with Crippen LogP contribution >= 0.6 is 0 Å². The van der Waals surface area contributed by atoms with Gasteiger partial charge in [0.1, 0.15) is 6.04 Å². The van der Waals surface area contributed by atoms with Gasteiger partial charge < -0.3 is 21.1 Å². The maximum atomic E-state index is 12.0. The first-order valence-electron chi connectivity index (χ1n) is 6.31. The Morgan fingerprint density at radius 1 is 1.32 bits per heavy atom. The van der Waals surface area contributed by atoms with Gasteiger partial charge >= 0.3 is 12.0 Å². The van der Waals surface area contributed by atoms with Crippen LogP contribution in [0.15, 0.2) is 0 Å². The summed E-state index contributed by atoms with van der Waals surface area (Å²) in [4.78, 5) is 35.6. The molecule has 0 aromatic carbocycles. The third-order valence-corrected chi connectivity index (χ3v) is 3.47. The molecule has 1 fully saturated rings. The van der Waals surface area contributed by atoms with Crippen LogP contribution in [0.4, 0.5) is 4.79 Å². The zero-order chi connectivity index (χ0) is 14.7. The molecule has 0 saturated carbocycles. The Morgan fingerprint density at radius 2 is 1.89 bits per heavy atom. The number of carbonyl (C=O) groups is 3.